The Kier molecular flexibility index (Phi) is 4.52. The van der Waals surface area contributed by atoms with E-state index in [2.05, 4.69) is 6.92 Å². The van der Waals surface area contributed by atoms with Crippen LogP contribution in [0.15, 0.2) is 11.0 Å². The summed E-state index contributed by atoms with van der Waals surface area (Å²) < 4.78 is 25.9. The van der Waals surface area contributed by atoms with Crippen molar-refractivity contribution in [2.75, 3.05) is 13.6 Å². The Morgan fingerprint density at radius 3 is 2.44 bits per heavy atom. The minimum atomic E-state index is -3.28. The van der Waals surface area contributed by atoms with Crippen LogP contribution in [0.25, 0.3) is 0 Å². The number of hydrogen-bond donors (Lipinski definition) is 0. The van der Waals surface area contributed by atoms with Crippen LogP contribution in [-0.4, -0.2) is 26.3 Å². The summed E-state index contributed by atoms with van der Waals surface area (Å²) in [7, 11) is -1.63. The fourth-order valence-corrected chi connectivity index (χ4v) is 4.26. The molecule has 0 bridgehead atoms. The van der Waals surface area contributed by atoms with Crippen LogP contribution >= 0.6 is 11.3 Å². The van der Waals surface area contributed by atoms with Crippen molar-refractivity contribution in [1.82, 2.24) is 4.31 Å². The van der Waals surface area contributed by atoms with Crippen molar-refractivity contribution in [2.45, 2.75) is 38.5 Å². The summed E-state index contributed by atoms with van der Waals surface area (Å²) in [4.78, 5) is 2.38. The highest BCUT2D eigenvalue weighted by molar-refractivity contribution is 7.89. The van der Waals surface area contributed by atoms with Crippen LogP contribution in [0.5, 0.6) is 0 Å². The topological polar surface area (TPSA) is 37.4 Å². The SMILES string of the molecule is CCCCN(C)S(=O)(=O)c1cc(C)sc1C. The molecule has 3 nitrogen and oxygen atoms in total. The van der Waals surface area contributed by atoms with Crippen molar-refractivity contribution in [2.24, 2.45) is 0 Å². The molecule has 0 atom stereocenters. The van der Waals surface area contributed by atoms with Crippen molar-refractivity contribution in [3.63, 3.8) is 0 Å². The standard InChI is InChI=1S/C11H19NO2S2/c1-5-6-7-12(4)16(13,14)11-8-9(2)15-10(11)3/h8H,5-7H2,1-4H3. The molecule has 0 aliphatic rings. The first-order chi connectivity index (χ1) is 7.39. The Morgan fingerprint density at radius 2 is 2.00 bits per heavy atom. The quantitative estimate of drug-likeness (QED) is 0.817. The summed E-state index contributed by atoms with van der Waals surface area (Å²) in [5.74, 6) is 0. The lowest BCUT2D eigenvalue weighted by Gasteiger charge is -2.16. The van der Waals surface area contributed by atoms with Crippen molar-refractivity contribution in [1.29, 1.82) is 0 Å². The summed E-state index contributed by atoms with van der Waals surface area (Å²) in [5.41, 5.74) is 0. The van der Waals surface area contributed by atoms with Crippen LogP contribution < -0.4 is 0 Å². The van der Waals surface area contributed by atoms with E-state index in [-0.39, 0.29) is 0 Å². The number of sulfonamides is 1. The zero-order valence-electron chi connectivity index (χ0n) is 10.3. The maximum absolute atomic E-state index is 12.2. The van der Waals surface area contributed by atoms with E-state index >= 15 is 0 Å². The van der Waals surface area contributed by atoms with Gasteiger partial charge in [-0.1, -0.05) is 13.3 Å². The average molecular weight is 261 g/mol. The Bertz CT molecular complexity index is 449. The van der Waals surface area contributed by atoms with Gasteiger partial charge in [0.25, 0.3) is 0 Å². The summed E-state index contributed by atoms with van der Waals surface area (Å²) in [6, 6.07) is 1.76. The Hall–Kier alpha value is -0.390. The summed E-state index contributed by atoms with van der Waals surface area (Å²) in [6.07, 6.45) is 1.90. The fourth-order valence-electron chi connectivity index (χ4n) is 1.53. The molecular formula is C11H19NO2S2. The number of unbranched alkanes of at least 4 members (excludes halogenated alkanes) is 1. The maximum atomic E-state index is 12.2. The second-order valence-electron chi connectivity index (χ2n) is 3.96. The highest BCUT2D eigenvalue weighted by Gasteiger charge is 2.23. The number of aryl methyl sites for hydroxylation is 2. The molecule has 0 saturated carbocycles. The molecule has 16 heavy (non-hydrogen) atoms. The van der Waals surface area contributed by atoms with Crippen molar-refractivity contribution in [3.8, 4) is 0 Å². The summed E-state index contributed by atoms with van der Waals surface area (Å²) >= 11 is 1.53. The number of rotatable bonds is 5. The van der Waals surface area contributed by atoms with Gasteiger partial charge in [-0.15, -0.1) is 11.3 Å². The normalized spacial score (nSPS) is 12.3. The molecule has 5 heteroatoms. The molecule has 0 radical (unpaired) electrons. The lowest BCUT2D eigenvalue weighted by molar-refractivity contribution is 0.459. The summed E-state index contributed by atoms with van der Waals surface area (Å²) in [6.45, 7) is 6.44. The smallest absolute Gasteiger partial charge is 0.207 e. The van der Waals surface area contributed by atoms with Crippen molar-refractivity contribution < 1.29 is 8.42 Å². The molecule has 0 spiro atoms. The minimum absolute atomic E-state index is 0.466. The zero-order chi connectivity index (χ0) is 12.3. The van der Waals surface area contributed by atoms with Gasteiger partial charge in [-0.25, -0.2) is 12.7 Å². The van der Waals surface area contributed by atoms with Gasteiger partial charge < -0.3 is 0 Å². The van der Waals surface area contributed by atoms with Gasteiger partial charge in [-0.2, -0.15) is 0 Å². The predicted octanol–water partition coefficient (Wildman–Crippen LogP) is 2.79. The average Bonchev–Trinajstić information content (AvgIpc) is 2.54. The molecule has 1 aromatic heterocycles. The van der Waals surface area contributed by atoms with Crippen LogP contribution in [0, 0.1) is 13.8 Å². The van der Waals surface area contributed by atoms with E-state index in [9.17, 15) is 8.42 Å². The van der Waals surface area contributed by atoms with Crippen molar-refractivity contribution in [3.05, 3.63) is 15.8 Å². The van der Waals surface area contributed by atoms with Crippen LogP contribution in [0.3, 0.4) is 0 Å². The third-order valence-electron chi connectivity index (χ3n) is 2.51. The first-order valence-corrected chi connectivity index (χ1v) is 7.68. The van der Waals surface area contributed by atoms with Crippen LogP contribution in [0.4, 0.5) is 0 Å². The van der Waals surface area contributed by atoms with Gasteiger partial charge in [-0.05, 0) is 26.3 Å². The Balaban J connectivity index is 2.97. The highest BCUT2D eigenvalue weighted by Crippen LogP contribution is 2.27. The highest BCUT2D eigenvalue weighted by atomic mass is 32.2. The number of hydrogen-bond acceptors (Lipinski definition) is 3. The van der Waals surface area contributed by atoms with E-state index in [0.717, 1.165) is 22.6 Å². The second kappa shape index (κ2) is 5.29. The minimum Gasteiger partial charge on any atom is -0.207 e. The lowest BCUT2D eigenvalue weighted by Crippen LogP contribution is -2.28. The van der Waals surface area contributed by atoms with Gasteiger partial charge in [-0.3, -0.25) is 0 Å². The monoisotopic (exact) mass is 261 g/mol. The van der Waals surface area contributed by atoms with Crippen LogP contribution in [0.2, 0.25) is 0 Å². The van der Waals surface area contributed by atoms with Gasteiger partial charge in [0.2, 0.25) is 10.0 Å². The van der Waals surface area contributed by atoms with E-state index in [4.69, 9.17) is 0 Å². The zero-order valence-corrected chi connectivity index (χ0v) is 11.9. The molecule has 1 rings (SSSR count). The van der Waals surface area contributed by atoms with Crippen molar-refractivity contribution >= 4 is 21.4 Å². The fraction of sp³-hybridized carbons (Fsp3) is 0.636. The molecule has 0 saturated heterocycles. The molecule has 1 aromatic rings. The number of nitrogens with zero attached hydrogens (tertiary/aromatic N) is 1. The third-order valence-corrected chi connectivity index (χ3v) is 5.59. The van der Waals surface area contributed by atoms with Gasteiger partial charge in [0, 0.05) is 23.3 Å². The van der Waals surface area contributed by atoms with Crippen LogP contribution in [-0.2, 0) is 10.0 Å². The first-order valence-electron chi connectivity index (χ1n) is 5.43. The molecule has 0 aliphatic carbocycles. The molecule has 0 N–H and O–H groups in total. The van der Waals surface area contributed by atoms with E-state index in [1.165, 1.54) is 15.6 Å². The molecule has 0 unspecified atom stereocenters. The first kappa shape index (κ1) is 13.7. The van der Waals surface area contributed by atoms with Crippen LogP contribution in [0.1, 0.15) is 29.5 Å². The molecule has 1 heterocycles. The van der Waals surface area contributed by atoms with Gasteiger partial charge in [0.1, 0.15) is 0 Å². The lowest BCUT2D eigenvalue weighted by atomic mass is 10.3. The maximum Gasteiger partial charge on any atom is 0.243 e. The van der Waals surface area contributed by atoms with Gasteiger partial charge in [0.05, 0.1) is 4.90 Å². The van der Waals surface area contributed by atoms with E-state index in [1.54, 1.807) is 13.1 Å². The molecule has 0 amide bonds. The molecular weight excluding hydrogens is 242 g/mol. The Morgan fingerprint density at radius 1 is 1.38 bits per heavy atom. The van der Waals surface area contributed by atoms with E-state index in [1.807, 2.05) is 13.8 Å². The second-order valence-corrected chi connectivity index (χ2v) is 7.43. The van der Waals surface area contributed by atoms with E-state index in [0.29, 0.717) is 11.4 Å². The Labute approximate surface area is 102 Å². The van der Waals surface area contributed by atoms with Gasteiger partial charge >= 0.3 is 0 Å². The molecule has 0 aliphatic heterocycles. The van der Waals surface area contributed by atoms with E-state index < -0.39 is 10.0 Å². The third kappa shape index (κ3) is 2.84. The summed E-state index contributed by atoms with van der Waals surface area (Å²) in [5, 5.41) is 0. The van der Waals surface area contributed by atoms with Gasteiger partial charge in [0.15, 0.2) is 0 Å². The predicted molar refractivity (Wildman–Crippen MR) is 68.5 cm³/mol. The molecule has 0 fully saturated rings. The molecule has 0 aromatic carbocycles. The molecule has 92 valence electrons. The number of thiophene rings is 1. The largest absolute Gasteiger partial charge is 0.243 e.